The number of phenolic OH excluding ortho intramolecular Hbond substituents is 2. The molecular weight excluding hydrogens is 236 g/mol. The third kappa shape index (κ3) is 2.22. The number of hydrogen-bond acceptors (Lipinski definition) is 2. The molecule has 1 aliphatic rings. The fourth-order valence-corrected chi connectivity index (χ4v) is 2.53. The van der Waals surface area contributed by atoms with E-state index in [2.05, 4.69) is 0 Å². The van der Waals surface area contributed by atoms with Crippen molar-refractivity contribution >= 4 is 0 Å². The normalized spacial score (nSPS) is 15.6. The van der Waals surface area contributed by atoms with E-state index < -0.39 is 0 Å². The van der Waals surface area contributed by atoms with Gasteiger partial charge in [-0.1, -0.05) is 48.6 Å². The molecule has 0 atom stereocenters. The van der Waals surface area contributed by atoms with Crippen LogP contribution in [0.25, 0.3) is 0 Å². The highest BCUT2D eigenvalue weighted by Gasteiger charge is 2.12. The van der Waals surface area contributed by atoms with Crippen molar-refractivity contribution in [1.82, 2.24) is 0 Å². The third-order valence-corrected chi connectivity index (χ3v) is 3.63. The van der Waals surface area contributed by atoms with Gasteiger partial charge in [-0.05, 0) is 35.1 Å². The van der Waals surface area contributed by atoms with Crippen LogP contribution in [0.15, 0.2) is 48.6 Å². The minimum Gasteiger partial charge on any atom is -0.507 e. The predicted octanol–water partition coefficient (Wildman–Crippen LogP) is 3.34. The van der Waals surface area contributed by atoms with Crippen LogP contribution in [0.4, 0.5) is 0 Å². The molecule has 19 heavy (non-hydrogen) atoms. The molecule has 4 bridgehead atoms. The molecule has 2 heteroatoms. The van der Waals surface area contributed by atoms with Crippen LogP contribution in [0.5, 0.6) is 11.5 Å². The SMILES string of the molecule is Oc1c2cccc1Cc1cccc(c1O)C/C=C\C2. The van der Waals surface area contributed by atoms with Crippen molar-refractivity contribution in [2.75, 3.05) is 0 Å². The lowest BCUT2D eigenvalue weighted by Crippen LogP contribution is -1.94. The zero-order chi connectivity index (χ0) is 13.2. The van der Waals surface area contributed by atoms with Gasteiger partial charge in [0.2, 0.25) is 0 Å². The van der Waals surface area contributed by atoms with E-state index in [1.165, 1.54) is 0 Å². The molecule has 0 fully saturated rings. The highest BCUT2D eigenvalue weighted by atomic mass is 16.3. The van der Waals surface area contributed by atoms with Crippen molar-refractivity contribution in [3.63, 3.8) is 0 Å². The van der Waals surface area contributed by atoms with E-state index >= 15 is 0 Å². The Kier molecular flexibility index (Phi) is 3.00. The van der Waals surface area contributed by atoms with Crippen LogP contribution in [-0.4, -0.2) is 10.2 Å². The molecule has 2 N–H and O–H groups in total. The standard InChI is InChI=1S/C17H16O2/c18-16-12-5-1-2-6-13-8-4-10-15(17(13)19)11-14(16)9-3-7-12/h1-4,7-10,18-19H,5-6,11H2/b2-1-. The molecule has 0 saturated carbocycles. The Balaban J connectivity index is 2.16. The van der Waals surface area contributed by atoms with E-state index in [9.17, 15) is 10.2 Å². The van der Waals surface area contributed by atoms with E-state index in [-0.39, 0.29) is 0 Å². The summed E-state index contributed by atoms with van der Waals surface area (Å²) in [5, 5.41) is 20.5. The molecule has 0 radical (unpaired) electrons. The number of rotatable bonds is 0. The van der Waals surface area contributed by atoms with E-state index in [1.807, 2.05) is 48.6 Å². The Morgan fingerprint density at radius 2 is 1.05 bits per heavy atom. The smallest absolute Gasteiger partial charge is 0.122 e. The van der Waals surface area contributed by atoms with Gasteiger partial charge in [-0.2, -0.15) is 0 Å². The van der Waals surface area contributed by atoms with E-state index in [0.29, 0.717) is 17.9 Å². The van der Waals surface area contributed by atoms with Crippen molar-refractivity contribution in [3.8, 4) is 11.5 Å². The molecule has 96 valence electrons. The summed E-state index contributed by atoms with van der Waals surface area (Å²) in [7, 11) is 0. The second-order valence-corrected chi connectivity index (χ2v) is 4.91. The number of fused-ring (bicyclic) bond motifs is 4. The van der Waals surface area contributed by atoms with Crippen molar-refractivity contribution in [3.05, 3.63) is 70.8 Å². The molecule has 0 aliphatic heterocycles. The molecule has 0 heterocycles. The fraction of sp³-hybridized carbons (Fsp3) is 0.176. The summed E-state index contributed by atoms with van der Waals surface area (Å²) in [6.45, 7) is 0. The largest absolute Gasteiger partial charge is 0.507 e. The number of aromatic hydroxyl groups is 2. The molecule has 0 spiro atoms. The van der Waals surface area contributed by atoms with Crippen molar-refractivity contribution < 1.29 is 10.2 Å². The van der Waals surface area contributed by atoms with Crippen LogP contribution in [0.3, 0.4) is 0 Å². The van der Waals surface area contributed by atoms with Crippen LogP contribution in [-0.2, 0) is 19.3 Å². The maximum atomic E-state index is 10.3. The number of allylic oxidation sites excluding steroid dienone is 2. The molecule has 0 saturated heterocycles. The quantitative estimate of drug-likeness (QED) is 0.706. The molecule has 2 aromatic rings. The van der Waals surface area contributed by atoms with Gasteiger partial charge in [0.05, 0.1) is 0 Å². The lowest BCUT2D eigenvalue weighted by Gasteiger charge is -2.10. The molecule has 2 aromatic carbocycles. The Hall–Kier alpha value is -2.22. The third-order valence-electron chi connectivity index (χ3n) is 3.63. The second-order valence-electron chi connectivity index (χ2n) is 4.91. The van der Waals surface area contributed by atoms with Crippen molar-refractivity contribution in [1.29, 1.82) is 0 Å². The summed E-state index contributed by atoms with van der Waals surface area (Å²) >= 11 is 0. The summed E-state index contributed by atoms with van der Waals surface area (Å²) in [6, 6.07) is 11.6. The van der Waals surface area contributed by atoms with Gasteiger partial charge < -0.3 is 10.2 Å². The Morgan fingerprint density at radius 1 is 0.632 bits per heavy atom. The molecule has 2 nitrogen and oxygen atoms in total. The minimum absolute atomic E-state index is 0.346. The first-order chi connectivity index (χ1) is 9.25. The predicted molar refractivity (Wildman–Crippen MR) is 75.6 cm³/mol. The van der Waals surface area contributed by atoms with Gasteiger partial charge in [-0.3, -0.25) is 0 Å². The maximum absolute atomic E-state index is 10.3. The van der Waals surface area contributed by atoms with Gasteiger partial charge in [0.1, 0.15) is 11.5 Å². The average Bonchev–Trinajstić information content (AvgIpc) is 2.42. The molecule has 0 amide bonds. The van der Waals surface area contributed by atoms with Gasteiger partial charge in [-0.15, -0.1) is 0 Å². The molecule has 3 rings (SSSR count). The Bertz CT molecular complexity index is 586. The van der Waals surface area contributed by atoms with E-state index in [1.54, 1.807) is 0 Å². The summed E-state index contributed by atoms with van der Waals surface area (Å²) < 4.78 is 0. The van der Waals surface area contributed by atoms with Crippen LogP contribution >= 0.6 is 0 Å². The number of hydrogen-bond donors (Lipinski definition) is 2. The lowest BCUT2D eigenvalue weighted by molar-refractivity contribution is 0.457. The van der Waals surface area contributed by atoms with Crippen LogP contribution in [0, 0.1) is 0 Å². The van der Waals surface area contributed by atoms with Crippen LogP contribution in [0.1, 0.15) is 22.3 Å². The molecule has 0 aromatic heterocycles. The van der Waals surface area contributed by atoms with Crippen molar-refractivity contribution in [2.45, 2.75) is 19.3 Å². The van der Waals surface area contributed by atoms with Crippen LogP contribution in [0.2, 0.25) is 0 Å². The summed E-state index contributed by atoms with van der Waals surface area (Å²) in [6.07, 6.45) is 6.07. The summed E-state index contributed by atoms with van der Waals surface area (Å²) in [5.41, 5.74) is 3.59. The monoisotopic (exact) mass is 252 g/mol. The number of benzene rings is 2. The van der Waals surface area contributed by atoms with Gasteiger partial charge in [0.25, 0.3) is 0 Å². The van der Waals surface area contributed by atoms with Crippen LogP contribution < -0.4 is 0 Å². The van der Waals surface area contributed by atoms with Gasteiger partial charge in [0.15, 0.2) is 0 Å². The zero-order valence-corrected chi connectivity index (χ0v) is 10.6. The Morgan fingerprint density at radius 3 is 1.53 bits per heavy atom. The average molecular weight is 252 g/mol. The fourth-order valence-electron chi connectivity index (χ4n) is 2.53. The summed E-state index contributed by atoms with van der Waals surface area (Å²) in [4.78, 5) is 0. The first kappa shape index (κ1) is 11.8. The molecular formula is C17H16O2. The van der Waals surface area contributed by atoms with Gasteiger partial charge in [0, 0.05) is 6.42 Å². The topological polar surface area (TPSA) is 40.5 Å². The highest BCUT2D eigenvalue weighted by Crippen LogP contribution is 2.31. The van der Waals surface area contributed by atoms with Gasteiger partial charge >= 0.3 is 0 Å². The number of para-hydroxylation sites is 2. The minimum atomic E-state index is 0.346. The maximum Gasteiger partial charge on any atom is 0.122 e. The molecule has 0 unspecified atom stereocenters. The van der Waals surface area contributed by atoms with Crippen molar-refractivity contribution in [2.24, 2.45) is 0 Å². The first-order valence-electron chi connectivity index (χ1n) is 6.50. The van der Waals surface area contributed by atoms with E-state index in [0.717, 1.165) is 35.1 Å². The summed E-state index contributed by atoms with van der Waals surface area (Å²) in [5.74, 6) is 0.692. The zero-order valence-electron chi connectivity index (χ0n) is 10.6. The number of phenols is 2. The highest BCUT2D eigenvalue weighted by molar-refractivity contribution is 5.49. The lowest BCUT2D eigenvalue weighted by atomic mass is 9.98. The van der Waals surface area contributed by atoms with E-state index in [4.69, 9.17) is 0 Å². The second kappa shape index (κ2) is 4.81. The first-order valence-corrected chi connectivity index (χ1v) is 6.50. The van der Waals surface area contributed by atoms with Gasteiger partial charge in [-0.25, -0.2) is 0 Å². The molecule has 1 aliphatic carbocycles. The Labute approximate surface area is 112 Å².